The van der Waals surface area contributed by atoms with Crippen molar-refractivity contribution in [3.05, 3.63) is 35.9 Å². The van der Waals surface area contributed by atoms with Gasteiger partial charge >= 0.3 is 6.09 Å². The molecule has 28 heavy (non-hydrogen) atoms. The van der Waals surface area contributed by atoms with E-state index in [-0.39, 0.29) is 24.2 Å². The van der Waals surface area contributed by atoms with Gasteiger partial charge in [-0.1, -0.05) is 30.3 Å². The molecule has 3 aliphatic heterocycles. The standard InChI is InChI=1S/C21H29N3O4/c1-16-11-23(12-17(2)28-16)19(25)13-22-8-9-24-20(26)27-15-21(24,14-22)10-18-6-4-3-5-7-18/h3-7,16-17H,8-15H2,1-2H3/t16-,17+,21?. The smallest absolute Gasteiger partial charge is 0.410 e. The van der Waals surface area contributed by atoms with Crippen molar-refractivity contribution in [1.29, 1.82) is 0 Å². The van der Waals surface area contributed by atoms with E-state index in [0.29, 0.717) is 45.9 Å². The fourth-order valence-corrected chi connectivity index (χ4v) is 4.73. The Labute approximate surface area is 166 Å². The number of carbonyl (C=O) groups excluding carboxylic acids is 2. The normalized spacial score (nSPS) is 30.9. The lowest BCUT2D eigenvalue weighted by Gasteiger charge is -2.45. The molecule has 7 nitrogen and oxygen atoms in total. The summed E-state index contributed by atoms with van der Waals surface area (Å²) in [6.07, 6.45) is 0.623. The van der Waals surface area contributed by atoms with E-state index in [0.717, 1.165) is 6.42 Å². The number of amides is 2. The predicted molar refractivity (Wildman–Crippen MR) is 104 cm³/mol. The van der Waals surface area contributed by atoms with Crippen molar-refractivity contribution in [2.75, 3.05) is 45.9 Å². The lowest BCUT2D eigenvalue weighted by molar-refractivity contribution is -0.145. The van der Waals surface area contributed by atoms with Crippen molar-refractivity contribution < 1.29 is 19.1 Å². The Morgan fingerprint density at radius 1 is 1.14 bits per heavy atom. The summed E-state index contributed by atoms with van der Waals surface area (Å²) in [5.74, 6) is 0.135. The number of piperazine rings is 1. The number of nitrogens with zero attached hydrogens (tertiary/aromatic N) is 3. The molecule has 1 aromatic rings. The van der Waals surface area contributed by atoms with Gasteiger partial charge in [-0.25, -0.2) is 4.79 Å². The Morgan fingerprint density at radius 3 is 2.57 bits per heavy atom. The Hall–Kier alpha value is -2.12. The van der Waals surface area contributed by atoms with Gasteiger partial charge in [0.2, 0.25) is 5.91 Å². The number of cyclic esters (lactones) is 1. The summed E-state index contributed by atoms with van der Waals surface area (Å²) >= 11 is 0. The maximum Gasteiger partial charge on any atom is 0.410 e. The third-order valence-corrected chi connectivity index (χ3v) is 5.92. The number of rotatable bonds is 4. The Bertz CT molecular complexity index is 718. The zero-order chi connectivity index (χ0) is 19.7. The van der Waals surface area contributed by atoms with E-state index < -0.39 is 5.54 Å². The minimum atomic E-state index is -0.400. The van der Waals surface area contributed by atoms with E-state index in [9.17, 15) is 9.59 Å². The third-order valence-electron chi connectivity index (χ3n) is 5.92. The third kappa shape index (κ3) is 3.86. The zero-order valence-electron chi connectivity index (χ0n) is 16.7. The van der Waals surface area contributed by atoms with Gasteiger partial charge in [0, 0.05) is 39.1 Å². The van der Waals surface area contributed by atoms with Crippen molar-refractivity contribution in [1.82, 2.24) is 14.7 Å². The van der Waals surface area contributed by atoms with Crippen LogP contribution in [0.15, 0.2) is 30.3 Å². The number of benzene rings is 1. The molecule has 1 unspecified atom stereocenters. The van der Waals surface area contributed by atoms with Crippen molar-refractivity contribution in [3.63, 3.8) is 0 Å². The van der Waals surface area contributed by atoms with Gasteiger partial charge in [-0.2, -0.15) is 0 Å². The van der Waals surface area contributed by atoms with E-state index >= 15 is 0 Å². The van der Waals surface area contributed by atoms with Crippen molar-refractivity contribution in [2.24, 2.45) is 0 Å². The molecular formula is C21H29N3O4. The molecule has 0 radical (unpaired) electrons. The Morgan fingerprint density at radius 2 is 1.86 bits per heavy atom. The minimum absolute atomic E-state index is 0.0647. The van der Waals surface area contributed by atoms with Crippen LogP contribution in [0, 0.1) is 0 Å². The summed E-state index contributed by atoms with van der Waals surface area (Å²) in [7, 11) is 0. The molecule has 3 aliphatic rings. The molecule has 3 fully saturated rings. The first-order valence-electron chi connectivity index (χ1n) is 10.1. The van der Waals surface area contributed by atoms with E-state index in [1.165, 1.54) is 5.56 Å². The summed E-state index contributed by atoms with van der Waals surface area (Å²) in [4.78, 5) is 31.1. The van der Waals surface area contributed by atoms with Crippen LogP contribution in [-0.4, -0.2) is 90.3 Å². The molecule has 0 aliphatic carbocycles. The second kappa shape index (κ2) is 7.72. The van der Waals surface area contributed by atoms with Gasteiger partial charge in [0.1, 0.15) is 6.61 Å². The highest BCUT2D eigenvalue weighted by Gasteiger charge is 2.50. The number of hydrogen-bond donors (Lipinski definition) is 0. The number of carbonyl (C=O) groups is 2. The average molecular weight is 387 g/mol. The molecule has 0 aromatic heterocycles. The highest BCUT2D eigenvalue weighted by atomic mass is 16.6. The van der Waals surface area contributed by atoms with E-state index in [1.807, 2.05) is 41.8 Å². The second-order valence-corrected chi connectivity index (χ2v) is 8.36. The summed E-state index contributed by atoms with van der Waals surface area (Å²) in [5.41, 5.74) is 0.776. The van der Waals surface area contributed by atoms with E-state index in [1.54, 1.807) is 0 Å². The van der Waals surface area contributed by atoms with Crippen molar-refractivity contribution >= 4 is 12.0 Å². The van der Waals surface area contributed by atoms with Crippen molar-refractivity contribution in [2.45, 2.75) is 38.0 Å². The second-order valence-electron chi connectivity index (χ2n) is 8.36. The summed E-state index contributed by atoms with van der Waals surface area (Å²) in [6, 6.07) is 10.2. The molecule has 0 N–H and O–H groups in total. The minimum Gasteiger partial charge on any atom is -0.447 e. The number of ether oxygens (including phenoxy) is 2. The molecule has 0 saturated carbocycles. The van der Waals surface area contributed by atoms with Gasteiger partial charge in [-0.05, 0) is 19.4 Å². The number of morpholine rings is 1. The quantitative estimate of drug-likeness (QED) is 0.781. The fourth-order valence-electron chi connectivity index (χ4n) is 4.73. The highest BCUT2D eigenvalue weighted by molar-refractivity contribution is 5.78. The first kappa shape index (κ1) is 19.2. The molecule has 7 heteroatoms. The Balaban J connectivity index is 1.45. The average Bonchev–Trinajstić information content (AvgIpc) is 2.97. The topological polar surface area (TPSA) is 62.3 Å². The molecule has 2 amide bonds. The number of fused-ring (bicyclic) bond motifs is 1. The first-order valence-corrected chi connectivity index (χ1v) is 10.1. The summed E-state index contributed by atoms with van der Waals surface area (Å²) < 4.78 is 11.2. The van der Waals surface area contributed by atoms with Crippen LogP contribution in [0.5, 0.6) is 0 Å². The molecule has 3 heterocycles. The van der Waals surface area contributed by atoms with Crippen LogP contribution >= 0.6 is 0 Å². The molecular weight excluding hydrogens is 358 g/mol. The van der Waals surface area contributed by atoms with Crippen LogP contribution in [0.1, 0.15) is 19.4 Å². The van der Waals surface area contributed by atoms with Crippen LogP contribution < -0.4 is 0 Å². The van der Waals surface area contributed by atoms with E-state index in [2.05, 4.69) is 17.0 Å². The molecule has 1 aromatic carbocycles. The monoisotopic (exact) mass is 387 g/mol. The van der Waals surface area contributed by atoms with Crippen LogP contribution in [-0.2, 0) is 20.7 Å². The largest absolute Gasteiger partial charge is 0.447 e. The SMILES string of the molecule is C[C@@H]1CN(C(=O)CN2CCN3C(=O)OCC3(Cc3ccccc3)C2)C[C@H](C)O1. The summed E-state index contributed by atoms with van der Waals surface area (Å²) in [6.45, 7) is 7.96. The maximum absolute atomic E-state index is 12.9. The maximum atomic E-state index is 12.9. The molecule has 3 saturated heterocycles. The molecule has 0 spiro atoms. The summed E-state index contributed by atoms with van der Waals surface area (Å²) in [5, 5.41) is 0. The van der Waals surface area contributed by atoms with Crippen LogP contribution in [0.4, 0.5) is 4.79 Å². The molecule has 3 atom stereocenters. The van der Waals surface area contributed by atoms with Gasteiger partial charge in [0.15, 0.2) is 0 Å². The van der Waals surface area contributed by atoms with E-state index in [4.69, 9.17) is 9.47 Å². The first-order chi connectivity index (χ1) is 13.4. The van der Waals surface area contributed by atoms with Gasteiger partial charge in [0.25, 0.3) is 0 Å². The van der Waals surface area contributed by atoms with Crippen LogP contribution in [0.3, 0.4) is 0 Å². The highest BCUT2D eigenvalue weighted by Crippen LogP contribution is 2.32. The van der Waals surface area contributed by atoms with Crippen molar-refractivity contribution in [3.8, 4) is 0 Å². The zero-order valence-corrected chi connectivity index (χ0v) is 16.7. The van der Waals surface area contributed by atoms with Crippen LogP contribution in [0.25, 0.3) is 0 Å². The van der Waals surface area contributed by atoms with Gasteiger partial charge < -0.3 is 14.4 Å². The predicted octanol–water partition coefficient (Wildman–Crippen LogP) is 1.37. The fraction of sp³-hybridized carbons (Fsp3) is 0.619. The van der Waals surface area contributed by atoms with Gasteiger partial charge in [-0.15, -0.1) is 0 Å². The number of hydrogen-bond acceptors (Lipinski definition) is 5. The molecule has 0 bridgehead atoms. The van der Waals surface area contributed by atoms with Crippen LogP contribution in [0.2, 0.25) is 0 Å². The lowest BCUT2D eigenvalue weighted by atomic mass is 9.88. The van der Waals surface area contributed by atoms with Gasteiger partial charge in [-0.3, -0.25) is 14.6 Å². The van der Waals surface area contributed by atoms with Gasteiger partial charge in [0.05, 0.1) is 24.3 Å². The molecule has 4 rings (SSSR count). The Kier molecular flexibility index (Phi) is 5.29. The molecule has 152 valence electrons. The lowest BCUT2D eigenvalue weighted by Crippen LogP contribution is -2.63.